The number of nitrogens with one attached hydrogen (secondary N) is 1. The molecular weight excluding hydrogens is 196 g/mol. The van der Waals surface area contributed by atoms with Gasteiger partial charge in [-0.15, -0.1) is 0 Å². The van der Waals surface area contributed by atoms with Gasteiger partial charge in [-0.25, -0.2) is 5.01 Å². The van der Waals surface area contributed by atoms with Crippen molar-refractivity contribution in [1.29, 1.82) is 0 Å². The number of carboxylic acids is 1. The molecule has 1 heterocycles. The van der Waals surface area contributed by atoms with Crippen LogP contribution in [0.4, 0.5) is 0 Å². The first-order valence-electron chi connectivity index (χ1n) is 5.30. The second kappa shape index (κ2) is 5.11. The van der Waals surface area contributed by atoms with Gasteiger partial charge in [0.05, 0.1) is 0 Å². The van der Waals surface area contributed by atoms with Gasteiger partial charge in [-0.1, -0.05) is 6.42 Å². The number of carboxylic acid groups (broad SMARTS) is 1. The maximum absolute atomic E-state index is 11.3. The Balaban J connectivity index is 2.47. The number of hydrogen-bond donors (Lipinski definition) is 2. The fraction of sp³-hybridized carbons (Fsp3) is 0.800. The summed E-state index contributed by atoms with van der Waals surface area (Å²) in [7, 11) is 0. The molecule has 1 aliphatic rings. The Morgan fingerprint density at radius 2 is 1.87 bits per heavy atom. The third kappa shape index (κ3) is 3.51. The number of carbonyl (C=O) groups excluding carboxylic acids is 1. The van der Waals surface area contributed by atoms with Crippen molar-refractivity contribution in [3.8, 4) is 0 Å². The van der Waals surface area contributed by atoms with Gasteiger partial charge < -0.3 is 5.11 Å². The van der Waals surface area contributed by atoms with Crippen LogP contribution in [0.15, 0.2) is 0 Å². The monoisotopic (exact) mass is 214 g/mol. The van der Waals surface area contributed by atoms with E-state index >= 15 is 0 Å². The van der Waals surface area contributed by atoms with Crippen LogP contribution in [0.2, 0.25) is 0 Å². The molecule has 0 aromatic carbocycles. The van der Waals surface area contributed by atoms with Gasteiger partial charge in [0, 0.05) is 12.1 Å². The Bertz CT molecular complexity index is 245. The minimum absolute atomic E-state index is 0.284. The smallest absolute Gasteiger partial charge is 0.312 e. The van der Waals surface area contributed by atoms with E-state index in [1.165, 1.54) is 0 Å². The molecule has 5 heteroatoms. The number of rotatable bonds is 3. The number of aliphatic carboxylic acids is 1. The minimum atomic E-state index is -1.09. The van der Waals surface area contributed by atoms with Crippen LogP contribution in [0.5, 0.6) is 0 Å². The summed E-state index contributed by atoms with van der Waals surface area (Å²) >= 11 is 0. The predicted molar refractivity (Wildman–Crippen MR) is 55.0 cm³/mol. The molecule has 1 aliphatic heterocycles. The van der Waals surface area contributed by atoms with E-state index in [0.717, 1.165) is 19.3 Å². The Hall–Kier alpha value is -1.10. The molecule has 0 aliphatic carbocycles. The zero-order valence-electron chi connectivity index (χ0n) is 9.19. The van der Waals surface area contributed by atoms with E-state index in [1.807, 2.05) is 18.9 Å². The summed E-state index contributed by atoms with van der Waals surface area (Å²) < 4.78 is 0. The zero-order chi connectivity index (χ0) is 11.4. The number of piperidine rings is 1. The normalized spacial score (nSPS) is 27.3. The molecule has 86 valence electrons. The summed E-state index contributed by atoms with van der Waals surface area (Å²) in [6.07, 6.45) is 2.78. The van der Waals surface area contributed by atoms with Gasteiger partial charge in [0.1, 0.15) is 6.42 Å². The van der Waals surface area contributed by atoms with Crippen molar-refractivity contribution < 1.29 is 14.7 Å². The van der Waals surface area contributed by atoms with Crippen LogP contribution in [0.25, 0.3) is 0 Å². The van der Waals surface area contributed by atoms with Crippen LogP contribution in [0.1, 0.15) is 39.5 Å². The molecule has 15 heavy (non-hydrogen) atoms. The highest BCUT2D eigenvalue weighted by Crippen LogP contribution is 2.20. The second-order valence-electron chi connectivity index (χ2n) is 4.14. The average molecular weight is 214 g/mol. The topological polar surface area (TPSA) is 69.6 Å². The molecule has 1 amide bonds. The molecule has 0 bridgehead atoms. The SMILES string of the molecule is CC1CCCC(C)N1NC(=O)CC(=O)O. The predicted octanol–water partition coefficient (Wildman–Crippen LogP) is 0.755. The van der Waals surface area contributed by atoms with E-state index in [-0.39, 0.29) is 12.1 Å². The van der Waals surface area contributed by atoms with Crippen molar-refractivity contribution in [3.63, 3.8) is 0 Å². The Kier molecular flexibility index (Phi) is 4.08. The summed E-state index contributed by atoms with van der Waals surface area (Å²) in [5.74, 6) is -1.53. The summed E-state index contributed by atoms with van der Waals surface area (Å²) in [5.41, 5.74) is 2.66. The zero-order valence-corrected chi connectivity index (χ0v) is 9.19. The first kappa shape index (κ1) is 12.0. The highest BCUT2D eigenvalue weighted by atomic mass is 16.4. The van der Waals surface area contributed by atoms with Crippen molar-refractivity contribution in [2.75, 3.05) is 0 Å². The van der Waals surface area contributed by atoms with Crippen molar-refractivity contribution in [3.05, 3.63) is 0 Å². The highest BCUT2D eigenvalue weighted by Gasteiger charge is 2.26. The molecule has 0 spiro atoms. The van der Waals surface area contributed by atoms with Gasteiger partial charge in [0.25, 0.3) is 0 Å². The molecule has 1 rings (SSSR count). The van der Waals surface area contributed by atoms with Crippen LogP contribution in [-0.2, 0) is 9.59 Å². The molecule has 0 aromatic heterocycles. The van der Waals surface area contributed by atoms with Crippen LogP contribution >= 0.6 is 0 Å². The molecule has 1 saturated heterocycles. The van der Waals surface area contributed by atoms with E-state index in [1.54, 1.807) is 0 Å². The first-order chi connectivity index (χ1) is 7.00. The van der Waals surface area contributed by atoms with E-state index in [2.05, 4.69) is 5.43 Å². The van der Waals surface area contributed by atoms with Gasteiger partial charge in [-0.3, -0.25) is 15.0 Å². The summed E-state index contributed by atoms with van der Waals surface area (Å²) in [6.45, 7) is 4.08. The molecule has 0 aromatic rings. The fourth-order valence-corrected chi connectivity index (χ4v) is 1.96. The lowest BCUT2D eigenvalue weighted by Crippen LogP contribution is -2.54. The van der Waals surface area contributed by atoms with Crippen molar-refractivity contribution in [1.82, 2.24) is 10.4 Å². The molecule has 0 radical (unpaired) electrons. The quantitative estimate of drug-likeness (QED) is 0.680. The molecule has 2 unspecified atom stereocenters. The van der Waals surface area contributed by atoms with Crippen molar-refractivity contribution >= 4 is 11.9 Å². The maximum atomic E-state index is 11.3. The lowest BCUT2D eigenvalue weighted by molar-refractivity contribution is -0.143. The van der Waals surface area contributed by atoms with E-state index < -0.39 is 18.3 Å². The molecule has 2 atom stereocenters. The average Bonchev–Trinajstić information content (AvgIpc) is 2.10. The number of hydrogen-bond acceptors (Lipinski definition) is 3. The summed E-state index contributed by atoms with van der Waals surface area (Å²) in [6, 6.07) is 0.568. The Labute approximate surface area is 89.4 Å². The Morgan fingerprint density at radius 3 is 2.33 bits per heavy atom. The van der Waals surface area contributed by atoms with E-state index in [9.17, 15) is 9.59 Å². The standard InChI is InChI=1S/C10H18N2O3/c1-7-4-3-5-8(2)12(7)11-9(13)6-10(14)15/h7-8H,3-6H2,1-2H3,(H,11,13)(H,14,15). The highest BCUT2D eigenvalue weighted by molar-refractivity contribution is 5.93. The van der Waals surface area contributed by atoms with Crippen molar-refractivity contribution in [2.24, 2.45) is 0 Å². The van der Waals surface area contributed by atoms with Gasteiger partial charge in [0.15, 0.2) is 0 Å². The van der Waals surface area contributed by atoms with Crippen LogP contribution < -0.4 is 5.43 Å². The molecular formula is C10H18N2O3. The summed E-state index contributed by atoms with van der Waals surface area (Å²) in [4.78, 5) is 21.6. The lowest BCUT2D eigenvalue weighted by atomic mass is 10.00. The third-order valence-corrected chi connectivity index (χ3v) is 2.76. The second-order valence-corrected chi connectivity index (χ2v) is 4.14. The van der Waals surface area contributed by atoms with E-state index in [0.29, 0.717) is 0 Å². The first-order valence-corrected chi connectivity index (χ1v) is 5.30. The number of amides is 1. The largest absolute Gasteiger partial charge is 0.481 e. The molecule has 1 fully saturated rings. The molecule has 0 saturated carbocycles. The molecule has 2 N–H and O–H groups in total. The number of nitrogens with zero attached hydrogens (tertiary/aromatic N) is 1. The minimum Gasteiger partial charge on any atom is -0.481 e. The van der Waals surface area contributed by atoms with Gasteiger partial charge in [0.2, 0.25) is 5.91 Å². The number of hydrazine groups is 1. The molecule has 5 nitrogen and oxygen atoms in total. The van der Waals surface area contributed by atoms with E-state index in [4.69, 9.17) is 5.11 Å². The van der Waals surface area contributed by atoms with Gasteiger partial charge in [-0.2, -0.15) is 0 Å². The van der Waals surface area contributed by atoms with Crippen molar-refractivity contribution in [2.45, 2.75) is 51.6 Å². The lowest BCUT2D eigenvalue weighted by Gasteiger charge is -2.38. The van der Waals surface area contributed by atoms with Gasteiger partial charge >= 0.3 is 5.97 Å². The number of carbonyl (C=O) groups is 2. The van der Waals surface area contributed by atoms with Gasteiger partial charge in [-0.05, 0) is 26.7 Å². The van der Waals surface area contributed by atoms with Crippen LogP contribution in [0.3, 0.4) is 0 Å². The summed E-state index contributed by atoms with van der Waals surface area (Å²) in [5, 5.41) is 10.3. The Morgan fingerprint density at radius 1 is 1.33 bits per heavy atom. The maximum Gasteiger partial charge on any atom is 0.312 e. The third-order valence-electron chi connectivity index (χ3n) is 2.76. The van der Waals surface area contributed by atoms with Crippen LogP contribution in [-0.4, -0.2) is 34.1 Å². The van der Waals surface area contributed by atoms with Crippen LogP contribution in [0, 0.1) is 0 Å². The fourth-order valence-electron chi connectivity index (χ4n) is 1.96.